The molecule has 158 valence electrons. The first-order valence-corrected chi connectivity index (χ1v) is 11.0. The number of piperidine rings is 1. The number of amides is 1. The number of hydrogen-bond acceptors (Lipinski definition) is 8. The van der Waals surface area contributed by atoms with E-state index >= 15 is 0 Å². The van der Waals surface area contributed by atoms with Gasteiger partial charge in [-0.05, 0) is 57.4 Å². The van der Waals surface area contributed by atoms with Gasteiger partial charge in [-0.1, -0.05) is 28.7 Å². The zero-order valence-electron chi connectivity index (χ0n) is 17.3. The van der Waals surface area contributed by atoms with Gasteiger partial charge < -0.3 is 10.2 Å². The third kappa shape index (κ3) is 4.17. The summed E-state index contributed by atoms with van der Waals surface area (Å²) in [5.74, 6) is 0.152. The number of carbonyl (C=O) groups excluding carboxylic acids is 1. The molecule has 0 saturated carbocycles. The first-order valence-electron chi connectivity index (χ1n) is 10.2. The molecule has 1 aromatic carbocycles. The lowest BCUT2D eigenvalue weighted by Gasteiger charge is -2.28. The quantitative estimate of drug-likeness (QED) is 0.526. The molecule has 1 saturated heterocycles. The molecule has 0 atom stereocenters. The number of hydrogen-bond donors (Lipinski definition) is 1. The Balaban J connectivity index is 1.33. The molecule has 4 heterocycles. The number of nitrogens with one attached hydrogen (secondary N) is 1. The molecule has 3 aromatic heterocycles. The van der Waals surface area contributed by atoms with Crippen LogP contribution in [0.4, 0.5) is 5.82 Å². The molecule has 0 spiro atoms. The lowest BCUT2D eigenvalue weighted by atomic mass is 10.1. The summed E-state index contributed by atoms with van der Waals surface area (Å²) < 4.78 is 1.81. The van der Waals surface area contributed by atoms with Crippen LogP contribution in [0.5, 0.6) is 0 Å². The fourth-order valence-corrected chi connectivity index (χ4v) is 4.44. The number of pyridine rings is 1. The second-order valence-corrected chi connectivity index (χ2v) is 9.01. The Morgan fingerprint density at radius 1 is 1.13 bits per heavy atom. The largest absolute Gasteiger partial charge is 0.306 e. The monoisotopic (exact) mass is 434 g/mol. The molecular weight excluding hydrogens is 412 g/mol. The highest BCUT2D eigenvalue weighted by atomic mass is 32.1. The fourth-order valence-electron chi connectivity index (χ4n) is 3.75. The van der Waals surface area contributed by atoms with Gasteiger partial charge in [-0.3, -0.25) is 4.79 Å². The van der Waals surface area contributed by atoms with Gasteiger partial charge in [0.1, 0.15) is 15.8 Å². The van der Waals surface area contributed by atoms with Crippen molar-refractivity contribution in [2.75, 3.05) is 25.5 Å². The van der Waals surface area contributed by atoms with Crippen molar-refractivity contribution in [3.8, 4) is 10.6 Å². The van der Waals surface area contributed by atoms with Crippen LogP contribution in [-0.4, -0.2) is 61.1 Å². The van der Waals surface area contributed by atoms with Gasteiger partial charge in [-0.15, -0.1) is 15.3 Å². The van der Waals surface area contributed by atoms with E-state index in [1.54, 1.807) is 23.7 Å². The first-order chi connectivity index (χ1) is 15.0. The van der Waals surface area contributed by atoms with E-state index in [9.17, 15) is 4.79 Å². The third-order valence-electron chi connectivity index (χ3n) is 5.54. The number of aryl methyl sites for hydroxylation is 1. The second kappa shape index (κ2) is 8.12. The van der Waals surface area contributed by atoms with Crippen molar-refractivity contribution in [1.29, 1.82) is 0 Å². The van der Waals surface area contributed by atoms with Crippen LogP contribution < -0.4 is 5.32 Å². The Hall–Kier alpha value is -3.24. The zero-order valence-corrected chi connectivity index (χ0v) is 18.1. The molecule has 1 N–H and O–H groups in total. The molecule has 5 rings (SSSR count). The van der Waals surface area contributed by atoms with E-state index in [0.29, 0.717) is 11.5 Å². The number of anilines is 1. The average Bonchev–Trinajstić information content (AvgIpc) is 3.43. The van der Waals surface area contributed by atoms with Crippen LogP contribution in [-0.2, 0) is 0 Å². The van der Waals surface area contributed by atoms with Crippen molar-refractivity contribution in [3.05, 3.63) is 47.4 Å². The normalized spacial score (nSPS) is 15.4. The van der Waals surface area contributed by atoms with Gasteiger partial charge in [0.25, 0.3) is 5.91 Å². The van der Waals surface area contributed by atoms with Crippen molar-refractivity contribution in [2.24, 2.45) is 0 Å². The molecule has 1 fully saturated rings. The number of rotatable bonds is 4. The molecule has 0 aliphatic carbocycles. The Morgan fingerprint density at radius 3 is 2.74 bits per heavy atom. The van der Waals surface area contributed by atoms with E-state index in [1.165, 1.54) is 0 Å². The zero-order chi connectivity index (χ0) is 21.4. The number of benzene rings is 1. The number of aromatic nitrogens is 6. The van der Waals surface area contributed by atoms with Crippen molar-refractivity contribution < 1.29 is 4.79 Å². The average molecular weight is 435 g/mol. The summed E-state index contributed by atoms with van der Waals surface area (Å²) in [6.07, 6.45) is 5.48. The maximum Gasteiger partial charge on any atom is 0.278 e. The SMILES string of the molecule is Cc1nnc(-c2ccc3cnc(NC(=O)c4cn(C5CCN(C)CC5)nn4)cc3c2)s1. The smallest absolute Gasteiger partial charge is 0.278 e. The first kappa shape index (κ1) is 19.7. The van der Waals surface area contributed by atoms with Gasteiger partial charge in [0, 0.05) is 17.1 Å². The molecule has 1 amide bonds. The summed E-state index contributed by atoms with van der Waals surface area (Å²) in [7, 11) is 2.12. The van der Waals surface area contributed by atoms with Gasteiger partial charge in [-0.2, -0.15) is 0 Å². The van der Waals surface area contributed by atoms with E-state index in [1.807, 2.05) is 35.9 Å². The summed E-state index contributed by atoms with van der Waals surface area (Å²) in [6, 6.07) is 8.16. The lowest BCUT2D eigenvalue weighted by Crippen LogP contribution is -2.31. The van der Waals surface area contributed by atoms with E-state index in [-0.39, 0.29) is 11.9 Å². The van der Waals surface area contributed by atoms with E-state index in [0.717, 1.165) is 52.3 Å². The standard InChI is InChI=1S/C21H22N8OS/c1-13-24-26-21(31-13)14-3-4-15-11-22-19(10-16(15)9-14)23-20(30)18-12-29(27-25-18)17-5-7-28(2)8-6-17/h3-4,9-12,17H,5-8H2,1-2H3,(H,22,23,30). The topological polar surface area (TPSA) is 102 Å². The fraction of sp³-hybridized carbons (Fsp3) is 0.333. The van der Waals surface area contributed by atoms with Crippen LogP contribution in [0.3, 0.4) is 0 Å². The van der Waals surface area contributed by atoms with E-state index in [2.05, 4.69) is 42.8 Å². The highest BCUT2D eigenvalue weighted by Crippen LogP contribution is 2.27. The second-order valence-electron chi connectivity index (χ2n) is 7.83. The highest BCUT2D eigenvalue weighted by Gasteiger charge is 2.21. The van der Waals surface area contributed by atoms with Crippen molar-refractivity contribution in [2.45, 2.75) is 25.8 Å². The number of likely N-dealkylation sites (tertiary alicyclic amines) is 1. The van der Waals surface area contributed by atoms with Gasteiger partial charge in [0.05, 0.1) is 12.2 Å². The summed E-state index contributed by atoms with van der Waals surface area (Å²) in [6.45, 7) is 3.97. The van der Waals surface area contributed by atoms with Crippen LogP contribution in [0.1, 0.15) is 34.4 Å². The maximum atomic E-state index is 12.7. The van der Waals surface area contributed by atoms with Crippen LogP contribution in [0.2, 0.25) is 0 Å². The van der Waals surface area contributed by atoms with Gasteiger partial charge >= 0.3 is 0 Å². The van der Waals surface area contributed by atoms with E-state index < -0.39 is 0 Å². The number of nitrogens with zero attached hydrogens (tertiary/aromatic N) is 7. The van der Waals surface area contributed by atoms with Crippen molar-refractivity contribution in [1.82, 2.24) is 35.1 Å². The van der Waals surface area contributed by atoms with Crippen LogP contribution in [0.15, 0.2) is 36.7 Å². The van der Waals surface area contributed by atoms with Crippen LogP contribution in [0, 0.1) is 6.92 Å². The minimum absolute atomic E-state index is 0.284. The summed E-state index contributed by atoms with van der Waals surface area (Å²) in [5.41, 5.74) is 1.28. The number of carbonyl (C=O) groups is 1. The molecule has 10 heteroatoms. The molecule has 4 aromatic rings. The number of fused-ring (bicyclic) bond motifs is 1. The predicted molar refractivity (Wildman–Crippen MR) is 119 cm³/mol. The van der Waals surface area contributed by atoms with Gasteiger partial charge in [-0.25, -0.2) is 9.67 Å². The molecule has 0 unspecified atom stereocenters. The molecule has 9 nitrogen and oxygen atoms in total. The van der Waals surface area contributed by atoms with Crippen LogP contribution in [0.25, 0.3) is 21.3 Å². The molecule has 1 aliphatic heterocycles. The highest BCUT2D eigenvalue weighted by molar-refractivity contribution is 7.14. The predicted octanol–water partition coefficient (Wildman–Crippen LogP) is 3.17. The lowest BCUT2D eigenvalue weighted by molar-refractivity contribution is 0.102. The molecule has 0 bridgehead atoms. The Morgan fingerprint density at radius 2 is 1.97 bits per heavy atom. The van der Waals surface area contributed by atoms with Crippen LogP contribution >= 0.6 is 11.3 Å². The Labute approximate surface area is 183 Å². The van der Waals surface area contributed by atoms with Gasteiger partial charge in [0.2, 0.25) is 0 Å². The summed E-state index contributed by atoms with van der Waals surface area (Å²) in [5, 5.41) is 23.1. The molecule has 31 heavy (non-hydrogen) atoms. The Bertz CT molecular complexity index is 1240. The maximum absolute atomic E-state index is 12.7. The van der Waals surface area contributed by atoms with Crippen molar-refractivity contribution in [3.63, 3.8) is 0 Å². The van der Waals surface area contributed by atoms with Gasteiger partial charge in [0.15, 0.2) is 5.69 Å². The minimum Gasteiger partial charge on any atom is -0.306 e. The molecular formula is C21H22N8OS. The molecule has 1 aliphatic rings. The van der Waals surface area contributed by atoms with Crippen molar-refractivity contribution >= 4 is 33.8 Å². The molecule has 0 radical (unpaired) electrons. The Kier molecular flexibility index (Phi) is 5.16. The minimum atomic E-state index is -0.318. The van der Waals surface area contributed by atoms with E-state index in [4.69, 9.17) is 0 Å². The third-order valence-corrected chi connectivity index (χ3v) is 6.43. The summed E-state index contributed by atoms with van der Waals surface area (Å²) in [4.78, 5) is 19.4. The summed E-state index contributed by atoms with van der Waals surface area (Å²) >= 11 is 1.55.